The second-order valence-electron chi connectivity index (χ2n) is 1.97. The van der Waals surface area contributed by atoms with E-state index in [1.165, 1.54) is 0 Å². The van der Waals surface area contributed by atoms with Crippen molar-refractivity contribution in [1.82, 2.24) is 0 Å². The number of carbonyl (C=O) groups is 4. The molecule has 122 valence electrons. The normalized spacial score (nSPS) is 5.00. The maximum atomic E-state index is 8.89. The molecule has 0 aromatic heterocycles. The fourth-order valence-corrected chi connectivity index (χ4v) is 0. The molecule has 0 aliphatic heterocycles. The van der Waals surface area contributed by atoms with E-state index in [0.717, 1.165) is 27.7 Å². The first-order chi connectivity index (χ1) is 6.93. The van der Waals surface area contributed by atoms with Crippen LogP contribution in [0.3, 0.4) is 0 Å². The predicted octanol–water partition coefficient (Wildman–Crippen LogP) is -6.62. The smallest absolute Gasteiger partial charge is 0.550 e. The van der Waals surface area contributed by atoms with Crippen LogP contribution in [0.25, 0.3) is 0 Å². The van der Waals surface area contributed by atoms with Crippen molar-refractivity contribution in [2.24, 2.45) is 0 Å². The Bertz CT molecular complexity index is 167. The van der Waals surface area contributed by atoms with E-state index in [2.05, 4.69) is 0 Å². The molecule has 0 saturated carbocycles. The number of rotatable bonds is 0. The molecule has 20 heavy (non-hydrogen) atoms. The van der Waals surface area contributed by atoms with E-state index in [1.54, 1.807) is 0 Å². The maximum Gasteiger partial charge on any atom is 3.00 e. The minimum absolute atomic E-state index is 0. The molecule has 0 bridgehead atoms. The molecule has 0 spiro atoms. The van der Waals surface area contributed by atoms with Crippen molar-refractivity contribution >= 4 is 23.9 Å². The number of carboxylic acid groups (broad SMARTS) is 4. The van der Waals surface area contributed by atoms with E-state index in [-0.39, 0.29) is 90.8 Å². The summed E-state index contributed by atoms with van der Waals surface area (Å²) in [5.74, 6) is -4.33. The molecule has 0 aromatic carbocycles. The number of hydrogen-bond donors (Lipinski definition) is 0. The van der Waals surface area contributed by atoms with E-state index in [9.17, 15) is 0 Å². The van der Waals surface area contributed by atoms with Gasteiger partial charge >= 0.3 is 79.9 Å². The Kier molecular flexibility index (Phi) is 107. The van der Waals surface area contributed by atoms with Crippen LogP contribution in [0, 0.1) is 79.9 Å². The Morgan fingerprint density at radius 3 is 0.500 bits per heavy atom. The molecule has 4 N–H and O–H groups in total. The average molecular weight is 587 g/mol. The van der Waals surface area contributed by atoms with Crippen LogP contribution in [-0.2, 0) is 19.2 Å². The van der Waals surface area contributed by atoms with E-state index in [4.69, 9.17) is 39.6 Å². The van der Waals surface area contributed by atoms with Crippen LogP contribution in [0.1, 0.15) is 27.7 Å². The van der Waals surface area contributed by atoms with E-state index in [0.29, 0.717) is 0 Å². The zero-order valence-corrected chi connectivity index (χ0v) is 15.5. The first-order valence-corrected chi connectivity index (χ1v) is 3.63. The van der Waals surface area contributed by atoms with Gasteiger partial charge in [0.2, 0.25) is 0 Å². The molecule has 12 heteroatoms. The molecule has 0 fully saturated rings. The molecule has 0 saturated heterocycles. The molecular formula is C8H16Gd2O10+2. The molecule has 10 nitrogen and oxygen atoms in total. The summed E-state index contributed by atoms with van der Waals surface area (Å²) >= 11 is 0. The molecule has 2 radical (unpaired) electrons. The van der Waals surface area contributed by atoms with Crippen LogP contribution in [-0.4, -0.2) is 34.8 Å². The van der Waals surface area contributed by atoms with Gasteiger partial charge in [0.1, 0.15) is 0 Å². The fourth-order valence-electron chi connectivity index (χ4n) is 0. The summed E-state index contributed by atoms with van der Waals surface area (Å²) in [6, 6.07) is 0. The van der Waals surface area contributed by atoms with Crippen molar-refractivity contribution in [3.05, 3.63) is 0 Å². The summed E-state index contributed by atoms with van der Waals surface area (Å²) in [4.78, 5) is 35.6. The summed E-state index contributed by atoms with van der Waals surface area (Å²) in [5.41, 5.74) is 0. The van der Waals surface area contributed by atoms with E-state index in [1.807, 2.05) is 0 Å². The van der Waals surface area contributed by atoms with Crippen molar-refractivity contribution in [3.8, 4) is 0 Å². The average Bonchev–Trinajstić information content (AvgIpc) is 1.76. The van der Waals surface area contributed by atoms with Crippen molar-refractivity contribution in [1.29, 1.82) is 0 Å². The minimum atomic E-state index is -1.08. The fraction of sp³-hybridized carbons (Fsp3) is 0.500. The van der Waals surface area contributed by atoms with Gasteiger partial charge in [0, 0.05) is 23.9 Å². The van der Waals surface area contributed by atoms with Gasteiger partial charge in [0.15, 0.2) is 0 Å². The van der Waals surface area contributed by atoms with Gasteiger partial charge in [-0.3, -0.25) is 0 Å². The van der Waals surface area contributed by atoms with Gasteiger partial charge in [-0.25, -0.2) is 0 Å². The number of carboxylic acids is 4. The Morgan fingerprint density at radius 2 is 0.500 bits per heavy atom. The minimum Gasteiger partial charge on any atom is -0.550 e. The van der Waals surface area contributed by atoms with Crippen LogP contribution >= 0.6 is 0 Å². The molecule has 0 aliphatic carbocycles. The zero-order valence-electron chi connectivity index (χ0n) is 11.0. The quantitative estimate of drug-likeness (QED) is 0.264. The van der Waals surface area contributed by atoms with Crippen molar-refractivity contribution < 1.29 is 130 Å². The van der Waals surface area contributed by atoms with Crippen LogP contribution in [0.4, 0.5) is 0 Å². The van der Waals surface area contributed by atoms with Gasteiger partial charge in [0.25, 0.3) is 0 Å². The molecule has 0 atom stereocenters. The molecule has 0 amide bonds. The summed E-state index contributed by atoms with van der Waals surface area (Å²) < 4.78 is 0. The second kappa shape index (κ2) is 42.7. The Hall–Kier alpha value is 0.449. The predicted molar refractivity (Wildman–Crippen MR) is 50.0 cm³/mol. The summed E-state index contributed by atoms with van der Waals surface area (Å²) in [5, 5.41) is 35.6. The van der Waals surface area contributed by atoms with Gasteiger partial charge in [0.05, 0.1) is 0 Å². The van der Waals surface area contributed by atoms with Crippen LogP contribution in [0.5, 0.6) is 0 Å². The third-order valence-corrected chi connectivity index (χ3v) is 0. The molecular weight excluding hydrogens is 571 g/mol. The van der Waals surface area contributed by atoms with Gasteiger partial charge < -0.3 is 50.6 Å². The standard InChI is InChI=1S/4C2H4O2.2Gd.2H2O/c4*1-2(3)4;;;;/h4*1H3,(H,3,4);;;2*1H2/q;;;;2*+3;;/p-4. The van der Waals surface area contributed by atoms with Crippen molar-refractivity contribution in [2.75, 3.05) is 0 Å². The number of aliphatic carboxylic acids is 4. The largest absolute Gasteiger partial charge is 3.00 e. The topological polar surface area (TPSA) is 224 Å². The Morgan fingerprint density at radius 1 is 0.500 bits per heavy atom. The van der Waals surface area contributed by atoms with Gasteiger partial charge in [-0.05, 0) is 27.7 Å². The van der Waals surface area contributed by atoms with Gasteiger partial charge in [-0.15, -0.1) is 0 Å². The SMILES string of the molecule is CC(=O)[O-].CC(=O)[O-].CC(=O)[O-].CC(=O)[O-].O.O.[Gd+3].[Gd+3]. The van der Waals surface area contributed by atoms with Crippen molar-refractivity contribution in [3.63, 3.8) is 0 Å². The molecule has 0 aliphatic rings. The van der Waals surface area contributed by atoms with Crippen LogP contribution < -0.4 is 20.4 Å². The monoisotopic (exact) mass is 588 g/mol. The summed E-state index contributed by atoms with van der Waals surface area (Å²) in [7, 11) is 0. The van der Waals surface area contributed by atoms with E-state index < -0.39 is 23.9 Å². The van der Waals surface area contributed by atoms with Crippen LogP contribution in [0.15, 0.2) is 0 Å². The second-order valence-corrected chi connectivity index (χ2v) is 1.97. The van der Waals surface area contributed by atoms with Crippen molar-refractivity contribution in [2.45, 2.75) is 27.7 Å². The third kappa shape index (κ3) is 27800. The first-order valence-electron chi connectivity index (χ1n) is 3.63. The number of hydrogen-bond acceptors (Lipinski definition) is 8. The molecule has 0 unspecified atom stereocenters. The maximum absolute atomic E-state index is 8.89. The molecule has 0 heterocycles. The molecule has 0 aromatic rings. The summed E-state index contributed by atoms with van der Waals surface area (Å²) in [6.45, 7) is 3.89. The number of carbonyl (C=O) groups excluding carboxylic acids is 4. The van der Waals surface area contributed by atoms with Crippen LogP contribution in [0.2, 0.25) is 0 Å². The Balaban J connectivity index is -0.0000000150. The third-order valence-electron chi connectivity index (χ3n) is 0. The van der Waals surface area contributed by atoms with Gasteiger partial charge in [-0.1, -0.05) is 0 Å². The zero-order chi connectivity index (χ0) is 14.3. The summed E-state index contributed by atoms with van der Waals surface area (Å²) in [6.07, 6.45) is 0. The Labute approximate surface area is 179 Å². The van der Waals surface area contributed by atoms with Gasteiger partial charge in [-0.2, -0.15) is 0 Å². The first kappa shape index (κ1) is 49.9. The molecule has 0 rings (SSSR count). The van der Waals surface area contributed by atoms with E-state index >= 15 is 0 Å².